The van der Waals surface area contributed by atoms with Crippen molar-refractivity contribution in [3.63, 3.8) is 0 Å². The number of aliphatic carboxylic acids is 1. The Hall–Kier alpha value is -2.13. The lowest BCUT2D eigenvalue weighted by atomic mass is 10.1. The summed E-state index contributed by atoms with van der Waals surface area (Å²) in [6, 6.07) is 4.47. The van der Waals surface area contributed by atoms with Crippen LogP contribution in [0, 0.1) is 12.3 Å². The van der Waals surface area contributed by atoms with Crippen LogP contribution in [-0.4, -0.2) is 24.2 Å². The Morgan fingerprint density at radius 2 is 2.17 bits per heavy atom. The maximum Gasteiger partial charge on any atom is 0.387 e. The molecule has 0 heterocycles. The summed E-state index contributed by atoms with van der Waals surface area (Å²) in [6.45, 7) is -3.02. The first-order chi connectivity index (χ1) is 8.56. The van der Waals surface area contributed by atoms with Crippen LogP contribution in [0.15, 0.2) is 24.3 Å². The molecule has 1 unspecified atom stereocenters. The molecule has 1 rings (SSSR count). The van der Waals surface area contributed by atoms with Gasteiger partial charge in [-0.2, -0.15) is 8.78 Å². The van der Waals surface area contributed by atoms with E-state index >= 15 is 0 Å². The van der Waals surface area contributed by atoms with Crippen molar-refractivity contribution >= 4 is 5.97 Å². The summed E-state index contributed by atoms with van der Waals surface area (Å²) < 4.78 is 28.7. The molecule has 1 aromatic rings. The van der Waals surface area contributed by atoms with Crippen molar-refractivity contribution in [3.05, 3.63) is 29.8 Å². The van der Waals surface area contributed by atoms with Gasteiger partial charge in [-0.15, -0.1) is 6.42 Å². The molecule has 0 saturated carbocycles. The standard InChI is InChI=1S/C12H11F2NO3/c1-2-7-15-10(11(16)17)8-5-3-4-6-9(8)18-12(13)14/h1,3-6,10,12,15H,7H2,(H,16,17). The average molecular weight is 255 g/mol. The van der Waals surface area contributed by atoms with Gasteiger partial charge in [-0.3, -0.25) is 10.1 Å². The minimum Gasteiger partial charge on any atom is -0.480 e. The van der Waals surface area contributed by atoms with Gasteiger partial charge in [0.2, 0.25) is 0 Å². The van der Waals surface area contributed by atoms with Gasteiger partial charge >= 0.3 is 12.6 Å². The van der Waals surface area contributed by atoms with E-state index in [0.29, 0.717) is 0 Å². The third-order valence-corrected chi connectivity index (χ3v) is 2.10. The van der Waals surface area contributed by atoms with Crippen LogP contribution >= 0.6 is 0 Å². The first-order valence-electron chi connectivity index (χ1n) is 4.99. The third-order valence-electron chi connectivity index (χ3n) is 2.10. The molecule has 0 bridgehead atoms. The van der Waals surface area contributed by atoms with Gasteiger partial charge in [-0.05, 0) is 6.07 Å². The largest absolute Gasteiger partial charge is 0.480 e. The number of nitrogens with one attached hydrogen (secondary N) is 1. The van der Waals surface area contributed by atoms with E-state index in [0.717, 1.165) is 0 Å². The van der Waals surface area contributed by atoms with E-state index in [1.54, 1.807) is 0 Å². The number of benzene rings is 1. The molecule has 0 aliphatic carbocycles. The number of carboxylic acids is 1. The van der Waals surface area contributed by atoms with Crippen LogP contribution in [-0.2, 0) is 4.79 Å². The van der Waals surface area contributed by atoms with E-state index in [1.165, 1.54) is 24.3 Å². The van der Waals surface area contributed by atoms with Crippen molar-refractivity contribution in [2.75, 3.05) is 6.54 Å². The topological polar surface area (TPSA) is 58.6 Å². The summed E-state index contributed by atoms with van der Waals surface area (Å²) >= 11 is 0. The van der Waals surface area contributed by atoms with Gasteiger partial charge in [-0.25, -0.2) is 0 Å². The Morgan fingerprint density at radius 1 is 1.50 bits per heavy atom. The van der Waals surface area contributed by atoms with Gasteiger partial charge < -0.3 is 9.84 Å². The lowest BCUT2D eigenvalue weighted by Crippen LogP contribution is -2.29. The van der Waals surface area contributed by atoms with Crippen molar-refractivity contribution in [2.45, 2.75) is 12.7 Å². The summed E-state index contributed by atoms with van der Waals surface area (Å²) in [5, 5.41) is 11.6. The third kappa shape index (κ3) is 3.71. The number of hydrogen-bond donors (Lipinski definition) is 2. The van der Waals surface area contributed by atoms with Crippen molar-refractivity contribution < 1.29 is 23.4 Å². The highest BCUT2D eigenvalue weighted by Gasteiger charge is 2.23. The second-order valence-electron chi connectivity index (χ2n) is 3.27. The zero-order valence-electron chi connectivity index (χ0n) is 9.27. The predicted molar refractivity (Wildman–Crippen MR) is 60.3 cm³/mol. The lowest BCUT2D eigenvalue weighted by molar-refractivity contribution is -0.139. The number of terminal acetylenes is 1. The van der Waals surface area contributed by atoms with Crippen LogP contribution in [0.5, 0.6) is 5.75 Å². The number of para-hydroxylation sites is 1. The Labute approximate surface area is 103 Å². The van der Waals surface area contributed by atoms with E-state index < -0.39 is 18.6 Å². The van der Waals surface area contributed by atoms with Crippen LogP contribution in [0.25, 0.3) is 0 Å². The maximum absolute atomic E-state index is 12.2. The summed E-state index contributed by atoms with van der Waals surface area (Å²) in [7, 11) is 0. The molecule has 0 fully saturated rings. The summed E-state index contributed by atoms with van der Waals surface area (Å²) in [4.78, 5) is 11.1. The van der Waals surface area contributed by atoms with Gasteiger partial charge in [0.15, 0.2) is 0 Å². The Morgan fingerprint density at radius 3 is 2.72 bits per heavy atom. The van der Waals surface area contributed by atoms with Gasteiger partial charge in [-0.1, -0.05) is 24.1 Å². The number of halogens is 2. The molecule has 0 spiro atoms. The Kier molecular flexibility index (Phi) is 5.08. The summed E-state index contributed by atoms with van der Waals surface area (Å²) in [6.07, 6.45) is 5.02. The van der Waals surface area contributed by atoms with E-state index in [1.807, 2.05) is 0 Å². The second-order valence-corrected chi connectivity index (χ2v) is 3.27. The molecule has 6 heteroatoms. The fourth-order valence-corrected chi connectivity index (χ4v) is 1.41. The minimum absolute atomic E-state index is 0.0000203. The molecule has 0 aliphatic rings. The van der Waals surface area contributed by atoms with E-state index in [2.05, 4.69) is 16.0 Å². The van der Waals surface area contributed by atoms with Gasteiger partial charge in [0.05, 0.1) is 6.54 Å². The summed E-state index contributed by atoms with van der Waals surface area (Å²) in [5.41, 5.74) is 0.0977. The zero-order chi connectivity index (χ0) is 13.5. The molecule has 2 N–H and O–H groups in total. The minimum atomic E-state index is -3.02. The number of hydrogen-bond acceptors (Lipinski definition) is 3. The fourth-order valence-electron chi connectivity index (χ4n) is 1.41. The molecule has 18 heavy (non-hydrogen) atoms. The lowest BCUT2D eigenvalue weighted by Gasteiger charge is -2.17. The van der Waals surface area contributed by atoms with Crippen LogP contribution in [0.3, 0.4) is 0 Å². The van der Waals surface area contributed by atoms with Crippen molar-refractivity contribution in [3.8, 4) is 18.1 Å². The number of carbonyl (C=O) groups is 1. The number of carboxylic acid groups (broad SMARTS) is 1. The van der Waals surface area contributed by atoms with Crippen molar-refractivity contribution in [1.82, 2.24) is 5.32 Å². The summed E-state index contributed by atoms with van der Waals surface area (Å²) in [5.74, 6) is 0.803. The number of ether oxygens (including phenoxy) is 1. The van der Waals surface area contributed by atoms with Gasteiger partial charge in [0.25, 0.3) is 0 Å². The highest BCUT2D eigenvalue weighted by molar-refractivity contribution is 5.76. The molecular weight excluding hydrogens is 244 g/mol. The molecular formula is C12H11F2NO3. The molecule has 96 valence electrons. The van der Waals surface area contributed by atoms with Crippen molar-refractivity contribution in [1.29, 1.82) is 0 Å². The van der Waals surface area contributed by atoms with Gasteiger partial charge in [0.1, 0.15) is 11.8 Å². The SMILES string of the molecule is C#CCNC(C(=O)O)c1ccccc1OC(F)F. The average Bonchev–Trinajstić information content (AvgIpc) is 2.30. The first kappa shape index (κ1) is 13.9. The van der Waals surface area contributed by atoms with E-state index in [9.17, 15) is 13.6 Å². The number of alkyl halides is 2. The highest BCUT2D eigenvalue weighted by atomic mass is 19.3. The van der Waals surface area contributed by atoms with E-state index in [-0.39, 0.29) is 17.9 Å². The van der Waals surface area contributed by atoms with Crippen LogP contribution in [0.2, 0.25) is 0 Å². The smallest absolute Gasteiger partial charge is 0.387 e. The highest BCUT2D eigenvalue weighted by Crippen LogP contribution is 2.26. The second kappa shape index (κ2) is 6.57. The molecule has 0 saturated heterocycles. The quantitative estimate of drug-likeness (QED) is 0.759. The van der Waals surface area contributed by atoms with Crippen LogP contribution < -0.4 is 10.1 Å². The zero-order valence-corrected chi connectivity index (χ0v) is 9.27. The normalized spacial score (nSPS) is 11.9. The molecule has 0 amide bonds. The number of rotatable bonds is 6. The predicted octanol–water partition coefficient (Wildman–Crippen LogP) is 1.64. The molecule has 1 aromatic carbocycles. The monoisotopic (exact) mass is 255 g/mol. The molecule has 0 radical (unpaired) electrons. The van der Waals surface area contributed by atoms with Crippen LogP contribution in [0.1, 0.15) is 11.6 Å². The van der Waals surface area contributed by atoms with E-state index in [4.69, 9.17) is 11.5 Å². The van der Waals surface area contributed by atoms with Crippen LogP contribution in [0.4, 0.5) is 8.78 Å². The fraction of sp³-hybridized carbons (Fsp3) is 0.250. The Bertz CT molecular complexity index is 457. The molecule has 0 aliphatic heterocycles. The molecule has 0 aromatic heterocycles. The van der Waals surface area contributed by atoms with Gasteiger partial charge in [0, 0.05) is 5.56 Å². The first-order valence-corrected chi connectivity index (χ1v) is 4.99. The maximum atomic E-state index is 12.2. The Balaban J connectivity index is 3.03. The van der Waals surface area contributed by atoms with Crippen molar-refractivity contribution in [2.24, 2.45) is 0 Å². The molecule has 1 atom stereocenters. The molecule has 4 nitrogen and oxygen atoms in total.